The number of benzene rings is 3. The number of urea groups is 1. The Hall–Kier alpha value is -4.33. The van der Waals surface area contributed by atoms with Crippen molar-refractivity contribution in [2.45, 2.75) is 36.9 Å². The molecule has 1 aliphatic rings. The molecule has 0 saturated heterocycles. The molecular formula is C28H32N4O8S. The third-order valence-electron chi connectivity index (χ3n) is 6.44. The van der Waals surface area contributed by atoms with E-state index in [-0.39, 0.29) is 37.6 Å². The van der Waals surface area contributed by atoms with Gasteiger partial charge in [0.05, 0.1) is 12.0 Å². The number of hydroxylamine groups is 1. The zero-order valence-corrected chi connectivity index (χ0v) is 23.2. The van der Waals surface area contributed by atoms with Crippen LogP contribution in [0.5, 0.6) is 17.2 Å². The first kappa shape index (κ1) is 29.6. The van der Waals surface area contributed by atoms with Crippen molar-refractivity contribution in [1.82, 2.24) is 20.4 Å². The first-order valence-corrected chi connectivity index (χ1v) is 14.3. The molecule has 0 saturated carbocycles. The van der Waals surface area contributed by atoms with E-state index < -0.39 is 28.0 Å². The van der Waals surface area contributed by atoms with Crippen molar-refractivity contribution in [3.05, 3.63) is 83.9 Å². The van der Waals surface area contributed by atoms with Gasteiger partial charge in [0.25, 0.3) is 5.91 Å². The number of sulfonamides is 1. The van der Waals surface area contributed by atoms with E-state index in [9.17, 15) is 23.2 Å². The van der Waals surface area contributed by atoms with E-state index in [4.69, 9.17) is 14.2 Å². The maximum atomic E-state index is 13.9. The average molecular weight is 585 g/mol. The quantitative estimate of drug-likeness (QED) is 0.136. The van der Waals surface area contributed by atoms with Crippen LogP contribution in [0.2, 0.25) is 0 Å². The van der Waals surface area contributed by atoms with E-state index in [0.717, 1.165) is 9.87 Å². The number of hydrogen-bond acceptors (Lipinski definition) is 8. The molecule has 3 aromatic carbocycles. The third kappa shape index (κ3) is 7.66. The van der Waals surface area contributed by atoms with E-state index in [2.05, 4.69) is 10.6 Å². The molecule has 1 aliphatic heterocycles. The van der Waals surface area contributed by atoms with Crippen LogP contribution < -0.4 is 30.3 Å². The van der Waals surface area contributed by atoms with Crippen LogP contribution in [0.25, 0.3) is 0 Å². The summed E-state index contributed by atoms with van der Waals surface area (Å²) in [4.78, 5) is 25.0. The molecule has 13 heteroatoms. The number of carbonyl (C=O) groups is 2. The van der Waals surface area contributed by atoms with E-state index in [1.165, 1.54) is 31.4 Å². The number of nitrogens with one attached hydrogen (secondary N) is 3. The SMILES string of the molecule is COc1ccc(S(=O)(=O)N(Cc2ccc3c(c2)OCO3)[C@H](CCCNC(=O)NCc2ccccc2)C(=O)NO)cc1. The summed E-state index contributed by atoms with van der Waals surface area (Å²) >= 11 is 0. The molecule has 3 aromatic rings. The Labute approximate surface area is 238 Å². The van der Waals surface area contributed by atoms with Gasteiger partial charge in [-0.3, -0.25) is 10.0 Å². The van der Waals surface area contributed by atoms with Gasteiger partial charge in [-0.1, -0.05) is 36.4 Å². The zero-order valence-electron chi connectivity index (χ0n) is 22.4. The topological polar surface area (TPSA) is 156 Å². The van der Waals surface area contributed by atoms with E-state index >= 15 is 0 Å². The van der Waals surface area contributed by atoms with Gasteiger partial charge in [0.1, 0.15) is 11.8 Å². The highest BCUT2D eigenvalue weighted by atomic mass is 32.2. The minimum Gasteiger partial charge on any atom is -0.497 e. The number of rotatable bonds is 13. The van der Waals surface area contributed by atoms with E-state index in [1.807, 2.05) is 30.3 Å². The smallest absolute Gasteiger partial charge is 0.315 e. The minimum atomic E-state index is -4.25. The number of ether oxygens (including phenoxy) is 3. The summed E-state index contributed by atoms with van der Waals surface area (Å²) in [6.45, 7) is 0.351. The van der Waals surface area contributed by atoms with Gasteiger partial charge >= 0.3 is 6.03 Å². The lowest BCUT2D eigenvalue weighted by Crippen LogP contribution is -2.49. The number of hydrogen-bond donors (Lipinski definition) is 4. The summed E-state index contributed by atoms with van der Waals surface area (Å²) in [6.07, 6.45) is 0.248. The van der Waals surface area contributed by atoms with Gasteiger partial charge in [0.15, 0.2) is 11.5 Å². The molecule has 1 atom stereocenters. The van der Waals surface area contributed by atoms with Crippen molar-refractivity contribution in [1.29, 1.82) is 0 Å². The predicted octanol–water partition coefficient (Wildman–Crippen LogP) is 2.77. The summed E-state index contributed by atoms with van der Waals surface area (Å²) in [6, 6.07) is 18.5. The summed E-state index contributed by atoms with van der Waals surface area (Å²) in [5.74, 6) is 0.543. The molecule has 0 spiro atoms. The van der Waals surface area contributed by atoms with E-state index in [0.29, 0.717) is 29.4 Å². The zero-order chi connectivity index (χ0) is 29.2. The Kier molecular flexibility index (Phi) is 10.0. The second-order valence-electron chi connectivity index (χ2n) is 9.14. The molecule has 4 rings (SSSR count). The van der Waals surface area contributed by atoms with Crippen LogP contribution >= 0.6 is 0 Å². The molecule has 0 radical (unpaired) electrons. The number of nitrogens with zero attached hydrogens (tertiary/aromatic N) is 1. The van der Waals surface area contributed by atoms with Gasteiger partial charge in [-0.05, 0) is 60.4 Å². The van der Waals surface area contributed by atoms with Crippen molar-refractivity contribution in [2.75, 3.05) is 20.4 Å². The van der Waals surface area contributed by atoms with Gasteiger partial charge in [-0.2, -0.15) is 4.31 Å². The summed E-state index contributed by atoms with van der Waals surface area (Å²) in [7, 11) is -2.79. The largest absolute Gasteiger partial charge is 0.497 e. The molecule has 0 unspecified atom stereocenters. The summed E-state index contributed by atoms with van der Waals surface area (Å²) < 4.78 is 44.7. The molecule has 218 valence electrons. The number of methoxy groups -OCH3 is 1. The van der Waals surface area contributed by atoms with Crippen LogP contribution in [0.1, 0.15) is 24.0 Å². The summed E-state index contributed by atoms with van der Waals surface area (Å²) in [5.41, 5.74) is 3.07. The number of fused-ring (bicyclic) bond motifs is 1. The molecule has 1 heterocycles. The normalized spacial score (nSPS) is 13.0. The Morgan fingerprint density at radius 1 is 0.976 bits per heavy atom. The van der Waals surface area contributed by atoms with Gasteiger partial charge in [0, 0.05) is 19.6 Å². The second kappa shape index (κ2) is 13.8. The average Bonchev–Trinajstić information content (AvgIpc) is 3.47. The molecule has 41 heavy (non-hydrogen) atoms. The van der Waals surface area contributed by atoms with Gasteiger partial charge in [0.2, 0.25) is 16.8 Å². The van der Waals surface area contributed by atoms with Crippen molar-refractivity contribution < 1.29 is 37.4 Å². The Bertz CT molecular complexity index is 1440. The standard InChI is InChI=1S/C28H32N4O8S/c1-38-22-10-12-23(13-11-22)41(36,37)32(18-21-9-14-25-26(16-21)40-19-39-25)24(27(33)31-35)8-5-15-29-28(34)30-17-20-6-3-2-4-7-20/h2-4,6-7,9-14,16,24,35H,5,8,15,17-19H2,1H3,(H,31,33)(H2,29,30,34)/t24-/m1/s1. The second-order valence-corrected chi connectivity index (χ2v) is 11.0. The fourth-order valence-electron chi connectivity index (χ4n) is 4.28. The maximum absolute atomic E-state index is 13.9. The first-order valence-electron chi connectivity index (χ1n) is 12.9. The van der Waals surface area contributed by atoms with Gasteiger partial charge in [-0.25, -0.2) is 18.7 Å². The van der Waals surface area contributed by atoms with Crippen LogP contribution in [0.3, 0.4) is 0 Å². The fourth-order valence-corrected chi connectivity index (χ4v) is 5.89. The predicted molar refractivity (Wildman–Crippen MR) is 148 cm³/mol. The van der Waals surface area contributed by atoms with Crippen molar-refractivity contribution >= 4 is 22.0 Å². The van der Waals surface area contributed by atoms with Crippen LogP contribution in [-0.2, 0) is 27.9 Å². The number of carbonyl (C=O) groups excluding carboxylic acids is 2. The molecule has 3 amide bonds. The molecule has 0 aliphatic carbocycles. The minimum absolute atomic E-state index is 0.00525. The Morgan fingerprint density at radius 2 is 1.71 bits per heavy atom. The van der Waals surface area contributed by atoms with Crippen LogP contribution in [0.4, 0.5) is 4.79 Å². The summed E-state index contributed by atoms with van der Waals surface area (Å²) in [5, 5.41) is 15.0. The lowest BCUT2D eigenvalue weighted by Gasteiger charge is -2.30. The molecule has 0 bridgehead atoms. The highest BCUT2D eigenvalue weighted by molar-refractivity contribution is 7.89. The molecule has 0 aromatic heterocycles. The maximum Gasteiger partial charge on any atom is 0.315 e. The molecule has 4 N–H and O–H groups in total. The van der Waals surface area contributed by atoms with Crippen LogP contribution in [0.15, 0.2) is 77.7 Å². The molecule has 0 fully saturated rings. The lowest BCUT2D eigenvalue weighted by molar-refractivity contribution is -0.133. The van der Waals surface area contributed by atoms with Crippen molar-refractivity contribution in [3.8, 4) is 17.2 Å². The fraction of sp³-hybridized carbons (Fsp3) is 0.286. The van der Waals surface area contributed by atoms with E-state index in [1.54, 1.807) is 23.7 Å². The van der Waals surface area contributed by atoms with Crippen LogP contribution in [0, 0.1) is 0 Å². The molecule has 12 nitrogen and oxygen atoms in total. The number of amides is 3. The van der Waals surface area contributed by atoms with Gasteiger partial charge in [-0.15, -0.1) is 0 Å². The highest BCUT2D eigenvalue weighted by Gasteiger charge is 2.36. The van der Waals surface area contributed by atoms with Crippen molar-refractivity contribution in [2.24, 2.45) is 0 Å². The third-order valence-corrected chi connectivity index (χ3v) is 8.31. The lowest BCUT2D eigenvalue weighted by atomic mass is 10.1. The van der Waals surface area contributed by atoms with Gasteiger partial charge < -0.3 is 24.8 Å². The monoisotopic (exact) mass is 584 g/mol. The Balaban J connectivity index is 1.50. The Morgan fingerprint density at radius 3 is 2.41 bits per heavy atom. The highest BCUT2D eigenvalue weighted by Crippen LogP contribution is 2.34. The van der Waals surface area contributed by atoms with Crippen LogP contribution in [-0.4, -0.2) is 56.4 Å². The first-order chi connectivity index (χ1) is 19.8. The van der Waals surface area contributed by atoms with Crippen molar-refractivity contribution in [3.63, 3.8) is 0 Å². The molecular weight excluding hydrogens is 552 g/mol.